The van der Waals surface area contributed by atoms with Crippen molar-refractivity contribution in [1.82, 2.24) is 14.9 Å². The molecule has 0 spiro atoms. The largest absolute Gasteiger partial charge is 0.476 e. The molecule has 0 aliphatic heterocycles. The van der Waals surface area contributed by atoms with E-state index in [1.54, 1.807) is 6.20 Å². The summed E-state index contributed by atoms with van der Waals surface area (Å²) in [7, 11) is 0. The molecule has 1 saturated carbocycles. The molecule has 1 fully saturated rings. The van der Waals surface area contributed by atoms with Gasteiger partial charge in [0.2, 0.25) is 0 Å². The van der Waals surface area contributed by atoms with E-state index in [0.29, 0.717) is 6.04 Å². The van der Waals surface area contributed by atoms with Crippen molar-refractivity contribution in [2.24, 2.45) is 0 Å². The van der Waals surface area contributed by atoms with Crippen molar-refractivity contribution in [3.8, 4) is 0 Å². The van der Waals surface area contributed by atoms with Gasteiger partial charge in [0.15, 0.2) is 5.69 Å². The van der Waals surface area contributed by atoms with Crippen LogP contribution < -0.4 is 0 Å². The molecule has 1 aromatic heterocycles. The summed E-state index contributed by atoms with van der Waals surface area (Å²) in [5, 5.41) is 8.96. The minimum Gasteiger partial charge on any atom is -0.476 e. The third kappa shape index (κ3) is 5.10. The van der Waals surface area contributed by atoms with Crippen LogP contribution in [0, 0.1) is 0 Å². The third-order valence-corrected chi connectivity index (χ3v) is 4.91. The smallest absolute Gasteiger partial charge is 0.356 e. The lowest BCUT2D eigenvalue weighted by Crippen LogP contribution is -2.38. The normalized spacial score (nSPS) is 15.4. The first-order valence-electron chi connectivity index (χ1n) is 9.04. The molecule has 0 amide bonds. The number of hydrogen-bond acceptors (Lipinski definition) is 4. The molecule has 1 N–H and O–H groups in total. The van der Waals surface area contributed by atoms with E-state index in [1.807, 2.05) is 6.07 Å². The van der Waals surface area contributed by atoms with E-state index in [4.69, 9.17) is 5.11 Å². The fourth-order valence-electron chi connectivity index (χ4n) is 3.51. The predicted molar refractivity (Wildman–Crippen MR) is 96.4 cm³/mol. The minimum absolute atomic E-state index is 0.00254. The maximum Gasteiger partial charge on any atom is 0.356 e. The average molecular weight is 339 g/mol. The highest BCUT2D eigenvalue weighted by atomic mass is 16.4. The van der Waals surface area contributed by atoms with Gasteiger partial charge in [0.25, 0.3) is 0 Å². The van der Waals surface area contributed by atoms with Gasteiger partial charge in [-0.05, 0) is 24.8 Å². The first-order valence-corrected chi connectivity index (χ1v) is 9.04. The van der Waals surface area contributed by atoms with Gasteiger partial charge in [0.1, 0.15) is 0 Å². The van der Waals surface area contributed by atoms with Crippen LogP contribution in [-0.2, 0) is 13.0 Å². The van der Waals surface area contributed by atoms with Crippen molar-refractivity contribution in [2.45, 2.75) is 51.1 Å². The summed E-state index contributed by atoms with van der Waals surface area (Å²) >= 11 is 0. The van der Waals surface area contributed by atoms with E-state index < -0.39 is 5.97 Å². The second-order valence-corrected chi connectivity index (χ2v) is 6.70. The zero-order chi connectivity index (χ0) is 17.5. The number of carbonyl (C=O) groups is 1. The zero-order valence-electron chi connectivity index (χ0n) is 14.5. The number of aromatic carboxylic acids is 1. The number of aromatic nitrogens is 2. The molecule has 132 valence electrons. The lowest BCUT2D eigenvalue weighted by Gasteiger charge is -2.34. The van der Waals surface area contributed by atoms with Crippen molar-refractivity contribution >= 4 is 5.97 Å². The van der Waals surface area contributed by atoms with Crippen LogP contribution in [0.3, 0.4) is 0 Å². The number of nitrogens with zero attached hydrogens (tertiary/aromatic N) is 3. The van der Waals surface area contributed by atoms with Crippen LogP contribution in [0.15, 0.2) is 42.7 Å². The highest BCUT2D eigenvalue weighted by Gasteiger charge is 2.21. The molecule has 25 heavy (non-hydrogen) atoms. The molecule has 2 aromatic rings. The first-order chi connectivity index (χ1) is 12.2. The topological polar surface area (TPSA) is 66.3 Å². The Hall–Kier alpha value is -2.27. The van der Waals surface area contributed by atoms with Gasteiger partial charge >= 0.3 is 5.97 Å². The lowest BCUT2D eigenvalue weighted by molar-refractivity contribution is 0.0689. The van der Waals surface area contributed by atoms with E-state index in [2.05, 4.69) is 39.1 Å². The molecule has 1 aliphatic carbocycles. The van der Waals surface area contributed by atoms with Crippen LogP contribution >= 0.6 is 0 Å². The molecular weight excluding hydrogens is 314 g/mol. The van der Waals surface area contributed by atoms with Gasteiger partial charge in [0.05, 0.1) is 18.1 Å². The van der Waals surface area contributed by atoms with Crippen molar-refractivity contribution in [1.29, 1.82) is 0 Å². The van der Waals surface area contributed by atoms with Gasteiger partial charge in [-0.2, -0.15) is 0 Å². The van der Waals surface area contributed by atoms with Crippen molar-refractivity contribution in [3.63, 3.8) is 0 Å². The molecule has 5 nitrogen and oxygen atoms in total. The lowest BCUT2D eigenvalue weighted by atomic mass is 9.93. The van der Waals surface area contributed by atoms with Crippen LogP contribution in [0.4, 0.5) is 0 Å². The molecule has 5 heteroatoms. The molecular formula is C20H25N3O2. The summed E-state index contributed by atoms with van der Waals surface area (Å²) in [6, 6.07) is 11.1. The maximum absolute atomic E-state index is 10.9. The number of carboxylic acid groups (broad SMARTS) is 1. The first kappa shape index (κ1) is 17.5. The SMILES string of the molecule is O=C(O)c1cnc(CN(CCc2ccccc2)C2CCCCC2)cn1. The molecule has 0 saturated heterocycles. The van der Waals surface area contributed by atoms with E-state index in [-0.39, 0.29) is 5.69 Å². The fraction of sp³-hybridized carbons (Fsp3) is 0.450. The van der Waals surface area contributed by atoms with Crippen LogP contribution in [-0.4, -0.2) is 38.5 Å². The Bertz CT molecular complexity index is 667. The van der Waals surface area contributed by atoms with Gasteiger partial charge in [-0.1, -0.05) is 49.6 Å². The fourth-order valence-corrected chi connectivity index (χ4v) is 3.51. The Morgan fingerprint density at radius 3 is 2.48 bits per heavy atom. The highest BCUT2D eigenvalue weighted by Crippen LogP contribution is 2.24. The van der Waals surface area contributed by atoms with Crippen LogP contribution in [0.25, 0.3) is 0 Å². The quantitative estimate of drug-likeness (QED) is 0.835. The number of benzene rings is 1. The Morgan fingerprint density at radius 2 is 1.84 bits per heavy atom. The van der Waals surface area contributed by atoms with Gasteiger partial charge < -0.3 is 5.11 Å². The summed E-state index contributed by atoms with van der Waals surface area (Å²) in [5.41, 5.74) is 2.18. The Balaban J connectivity index is 1.67. The highest BCUT2D eigenvalue weighted by molar-refractivity contribution is 5.84. The second kappa shape index (κ2) is 8.72. The van der Waals surface area contributed by atoms with Gasteiger partial charge in [0, 0.05) is 19.1 Å². The second-order valence-electron chi connectivity index (χ2n) is 6.70. The standard InChI is InChI=1S/C20H25N3O2/c24-20(25)19-14-21-17(13-22-19)15-23(18-9-5-2-6-10-18)12-11-16-7-3-1-4-8-16/h1,3-4,7-8,13-14,18H,2,5-6,9-12,15H2,(H,24,25). The number of rotatable bonds is 7. The van der Waals surface area contributed by atoms with Crippen LogP contribution in [0.1, 0.15) is 53.8 Å². The van der Waals surface area contributed by atoms with Gasteiger partial charge in [-0.15, -0.1) is 0 Å². The Labute approximate surface area is 148 Å². The average Bonchev–Trinajstić information content (AvgIpc) is 2.67. The summed E-state index contributed by atoms with van der Waals surface area (Å²) in [6.45, 7) is 1.71. The van der Waals surface area contributed by atoms with E-state index in [0.717, 1.165) is 25.2 Å². The van der Waals surface area contributed by atoms with Gasteiger partial charge in [-0.3, -0.25) is 9.88 Å². The molecule has 0 unspecified atom stereocenters. The van der Waals surface area contributed by atoms with Gasteiger partial charge in [-0.25, -0.2) is 9.78 Å². The summed E-state index contributed by atoms with van der Waals surface area (Å²) in [5.74, 6) is -1.03. The van der Waals surface area contributed by atoms with Crippen LogP contribution in [0.2, 0.25) is 0 Å². The molecule has 1 aromatic carbocycles. The predicted octanol–water partition coefficient (Wildman–Crippen LogP) is 3.55. The Morgan fingerprint density at radius 1 is 1.08 bits per heavy atom. The van der Waals surface area contributed by atoms with E-state index >= 15 is 0 Å². The van der Waals surface area contributed by atoms with Crippen molar-refractivity contribution < 1.29 is 9.90 Å². The van der Waals surface area contributed by atoms with E-state index in [9.17, 15) is 4.79 Å². The van der Waals surface area contributed by atoms with Crippen LogP contribution in [0.5, 0.6) is 0 Å². The molecule has 0 bridgehead atoms. The van der Waals surface area contributed by atoms with Crippen molar-refractivity contribution in [3.05, 3.63) is 59.7 Å². The van der Waals surface area contributed by atoms with E-state index in [1.165, 1.54) is 43.9 Å². The number of hydrogen-bond donors (Lipinski definition) is 1. The summed E-state index contributed by atoms with van der Waals surface area (Å²) in [6.07, 6.45) is 10.3. The number of carboxylic acids is 1. The summed E-state index contributed by atoms with van der Waals surface area (Å²) in [4.78, 5) is 21.7. The van der Waals surface area contributed by atoms with Crippen molar-refractivity contribution in [2.75, 3.05) is 6.54 Å². The molecule has 3 rings (SSSR count). The molecule has 0 atom stereocenters. The molecule has 0 radical (unpaired) electrons. The minimum atomic E-state index is -1.03. The Kier molecular flexibility index (Phi) is 6.12. The third-order valence-electron chi connectivity index (χ3n) is 4.91. The molecule has 1 aliphatic rings. The zero-order valence-corrected chi connectivity index (χ0v) is 14.5. The molecule has 1 heterocycles. The monoisotopic (exact) mass is 339 g/mol. The maximum atomic E-state index is 10.9. The summed E-state index contributed by atoms with van der Waals surface area (Å²) < 4.78 is 0.